The van der Waals surface area contributed by atoms with Gasteiger partial charge in [-0.3, -0.25) is 9.59 Å². The number of ketones is 2. The number of carbonyl (C=O) groups excluding carboxylic acids is 4. The normalized spacial score (nSPS) is 14.7. The van der Waals surface area contributed by atoms with Crippen molar-refractivity contribution in [3.05, 3.63) is 35.4 Å². The Kier molecular flexibility index (Phi) is 16.3. The van der Waals surface area contributed by atoms with Crippen molar-refractivity contribution in [1.29, 1.82) is 0 Å². The highest BCUT2D eigenvalue weighted by Crippen LogP contribution is 2.38. The van der Waals surface area contributed by atoms with Crippen LogP contribution in [0.25, 0.3) is 0 Å². The topological polar surface area (TPSA) is 140 Å². The minimum atomic E-state index is -2.54. The molecule has 0 fully saturated rings. The molecule has 0 spiro atoms. The van der Waals surface area contributed by atoms with Crippen LogP contribution in [0.3, 0.4) is 0 Å². The average molecular weight is 729 g/mol. The number of aliphatic hydroxyl groups is 1. The molecule has 3 atom stereocenters. The Labute approximate surface area is 298 Å². The smallest absolute Gasteiger partial charge is 0.408 e. The molecular weight excluding hydrogens is 666 g/mol. The van der Waals surface area contributed by atoms with Gasteiger partial charge in [-0.1, -0.05) is 34.6 Å². The molecule has 0 radical (unpaired) electrons. The number of halogens is 2. The molecule has 13 heteroatoms. The van der Waals surface area contributed by atoms with Gasteiger partial charge in [0.05, 0.1) is 12.6 Å². The van der Waals surface area contributed by atoms with Crippen LogP contribution in [-0.2, 0) is 29.9 Å². The summed E-state index contributed by atoms with van der Waals surface area (Å²) in [4.78, 5) is 52.2. The summed E-state index contributed by atoms with van der Waals surface area (Å²) >= 11 is 0. The van der Waals surface area contributed by atoms with E-state index in [-0.39, 0.29) is 47.9 Å². The number of Topliss-reactive ketones (excluding diaryl/α,β-unsaturated/α-hetero) is 2. The maximum atomic E-state index is 14.5. The van der Waals surface area contributed by atoms with E-state index in [1.165, 1.54) is 0 Å². The molecule has 10 nitrogen and oxygen atoms in total. The van der Waals surface area contributed by atoms with Gasteiger partial charge in [0.1, 0.15) is 34.7 Å². The van der Waals surface area contributed by atoms with Crippen molar-refractivity contribution in [3.8, 4) is 0 Å². The number of rotatable bonds is 17. The summed E-state index contributed by atoms with van der Waals surface area (Å²) in [5, 5.41) is 15.3. The zero-order chi connectivity index (χ0) is 38.9. The summed E-state index contributed by atoms with van der Waals surface area (Å²) in [7, 11) is -2.54. The summed E-state index contributed by atoms with van der Waals surface area (Å²) in [6.07, 6.45) is -1.96. The minimum Gasteiger partial charge on any atom is -0.444 e. The van der Waals surface area contributed by atoms with Crippen LogP contribution in [-0.4, -0.2) is 73.2 Å². The highest BCUT2D eigenvalue weighted by atomic mass is 28.4. The van der Waals surface area contributed by atoms with Crippen LogP contribution < -0.4 is 10.6 Å². The Morgan fingerprint density at radius 1 is 0.820 bits per heavy atom. The third-order valence-electron chi connectivity index (χ3n) is 8.61. The first-order valence-electron chi connectivity index (χ1n) is 17.3. The van der Waals surface area contributed by atoms with Crippen molar-refractivity contribution in [3.63, 3.8) is 0 Å². The van der Waals surface area contributed by atoms with E-state index in [0.29, 0.717) is 12.8 Å². The van der Waals surface area contributed by atoms with E-state index in [2.05, 4.69) is 10.6 Å². The van der Waals surface area contributed by atoms with Crippen LogP contribution in [0.1, 0.15) is 114 Å². The molecule has 50 heavy (non-hydrogen) atoms. The Hall–Kier alpha value is -2.90. The molecule has 0 heterocycles. The number of benzene rings is 1. The van der Waals surface area contributed by atoms with Crippen LogP contribution in [0.15, 0.2) is 18.2 Å². The zero-order valence-electron chi connectivity index (χ0n) is 32.5. The summed E-state index contributed by atoms with van der Waals surface area (Å²) in [5.41, 5.74) is -2.05. The zero-order valence-corrected chi connectivity index (χ0v) is 33.5. The van der Waals surface area contributed by atoms with Gasteiger partial charge in [-0.25, -0.2) is 18.4 Å². The average Bonchev–Trinajstić information content (AvgIpc) is 2.92. The first-order valence-corrected chi connectivity index (χ1v) is 20.2. The molecule has 1 aromatic rings. The maximum absolute atomic E-state index is 14.5. The monoisotopic (exact) mass is 728 g/mol. The van der Waals surface area contributed by atoms with Crippen LogP contribution in [0.2, 0.25) is 18.1 Å². The molecule has 0 saturated carbocycles. The molecule has 2 amide bonds. The molecule has 0 aliphatic carbocycles. The quantitative estimate of drug-likeness (QED) is 0.138. The van der Waals surface area contributed by atoms with E-state index < -0.39 is 73.5 Å². The van der Waals surface area contributed by atoms with E-state index in [0.717, 1.165) is 18.2 Å². The lowest BCUT2D eigenvalue weighted by atomic mass is 9.81. The summed E-state index contributed by atoms with van der Waals surface area (Å²) in [6, 6.07) is 1.15. The van der Waals surface area contributed by atoms with E-state index in [9.17, 15) is 33.1 Å². The molecule has 0 saturated heterocycles. The second-order valence-electron chi connectivity index (χ2n) is 17.4. The lowest BCUT2D eigenvalue weighted by molar-refractivity contribution is -0.128. The van der Waals surface area contributed by atoms with Gasteiger partial charge < -0.3 is 29.6 Å². The Morgan fingerprint density at radius 3 is 1.84 bits per heavy atom. The third-order valence-corrected chi connectivity index (χ3v) is 13.1. The molecule has 3 N–H and O–H groups in total. The number of aliphatic hydroxyl groups excluding tert-OH is 1. The number of ether oxygens (including phenoxy) is 2. The molecule has 0 aliphatic rings. The minimum absolute atomic E-state index is 0.0227. The van der Waals surface area contributed by atoms with Crippen LogP contribution in [0.4, 0.5) is 18.4 Å². The van der Waals surface area contributed by atoms with Crippen molar-refractivity contribution in [2.24, 2.45) is 5.41 Å². The fraction of sp³-hybridized carbons (Fsp3) is 0.730. The van der Waals surface area contributed by atoms with Crippen molar-refractivity contribution in [2.45, 2.75) is 162 Å². The number of hydrogen-bond donors (Lipinski definition) is 3. The fourth-order valence-electron chi connectivity index (χ4n) is 4.74. The van der Waals surface area contributed by atoms with Crippen molar-refractivity contribution >= 4 is 32.1 Å². The first-order chi connectivity index (χ1) is 22.5. The predicted octanol–water partition coefficient (Wildman–Crippen LogP) is 7.79. The van der Waals surface area contributed by atoms with Gasteiger partial charge in [0.25, 0.3) is 0 Å². The Bertz CT molecular complexity index is 1320. The van der Waals surface area contributed by atoms with Crippen molar-refractivity contribution < 1.29 is 47.0 Å². The molecule has 1 rings (SSSR count). The van der Waals surface area contributed by atoms with Gasteiger partial charge in [-0.05, 0) is 108 Å². The maximum Gasteiger partial charge on any atom is 0.408 e. The predicted molar refractivity (Wildman–Crippen MR) is 192 cm³/mol. The molecular formula is C37H62F2N2O8Si. The van der Waals surface area contributed by atoms with E-state index >= 15 is 0 Å². The van der Waals surface area contributed by atoms with Gasteiger partial charge in [0, 0.05) is 25.3 Å². The van der Waals surface area contributed by atoms with Crippen molar-refractivity contribution in [1.82, 2.24) is 10.6 Å². The van der Waals surface area contributed by atoms with Crippen LogP contribution in [0.5, 0.6) is 0 Å². The van der Waals surface area contributed by atoms with E-state index in [4.69, 9.17) is 13.9 Å². The lowest BCUT2D eigenvalue weighted by Crippen LogP contribution is -2.56. The Morgan fingerprint density at radius 2 is 1.34 bits per heavy atom. The number of amides is 2. The molecule has 1 aromatic carbocycles. The lowest BCUT2D eigenvalue weighted by Gasteiger charge is -2.41. The molecule has 0 aromatic heterocycles. The fourth-order valence-corrected chi connectivity index (χ4v) is 6.02. The number of carbonyl (C=O) groups is 4. The van der Waals surface area contributed by atoms with Gasteiger partial charge in [0.15, 0.2) is 14.1 Å². The summed E-state index contributed by atoms with van der Waals surface area (Å²) < 4.78 is 45.5. The molecule has 0 aliphatic heterocycles. The molecule has 1 unspecified atom stereocenters. The van der Waals surface area contributed by atoms with E-state index in [1.54, 1.807) is 41.5 Å². The summed E-state index contributed by atoms with van der Waals surface area (Å²) in [6.45, 7) is 23.6. The number of alkyl carbamates (subject to hydrolysis) is 2. The molecule has 286 valence electrons. The highest BCUT2D eigenvalue weighted by molar-refractivity contribution is 6.74. The van der Waals surface area contributed by atoms with Crippen LogP contribution >= 0.6 is 0 Å². The van der Waals surface area contributed by atoms with Crippen molar-refractivity contribution in [2.75, 3.05) is 6.61 Å². The van der Waals surface area contributed by atoms with Gasteiger partial charge in [-0.15, -0.1) is 0 Å². The second kappa shape index (κ2) is 18.0. The van der Waals surface area contributed by atoms with Gasteiger partial charge in [0.2, 0.25) is 0 Å². The second-order valence-corrected chi connectivity index (χ2v) is 22.1. The van der Waals surface area contributed by atoms with Gasteiger partial charge >= 0.3 is 12.2 Å². The first kappa shape index (κ1) is 45.1. The summed E-state index contributed by atoms with van der Waals surface area (Å²) in [5.74, 6) is -1.78. The Balaban J connectivity index is 3.05. The van der Waals surface area contributed by atoms with E-state index in [1.807, 2.05) is 47.7 Å². The SMILES string of the molecule is CC(C)(CCC(=O)CC(Cc1cc(F)ccc1F)NC(=O)OC(C)(C)C)CCC(=O)[C@@H](O[Si](C)(C)C(C)(C)C)[C@@H](CO)NC(=O)OC(C)(C)C. The largest absolute Gasteiger partial charge is 0.444 e. The molecule has 0 bridgehead atoms. The van der Waals surface area contributed by atoms with Crippen LogP contribution in [0, 0.1) is 17.0 Å². The number of hydrogen-bond acceptors (Lipinski definition) is 8. The third kappa shape index (κ3) is 16.9. The number of nitrogens with one attached hydrogen (secondary N) is 2. The van der Waals surface area contributed by atoms with Gasteiger partial charge in [-0.2, -0.15) is 0 Å². The highest BCUT2D eigenvalue weighted by Gasteiger charge is 2.43. The standard InChI is InChI=1S/C37H62F2N2O8Si/c1-34(2,3)47-32(45)40-26(21-24-20-25(38)14-15-28(24)39)22-27(43)16-18-37(10,11)19-17-30(44)31(49-50(12,13)36(7,8)9)29(23-42)41-33(46)48-35(4,5)6/h14-15,20,26,29,31,42H,16-19,21-23H2,1-13H3,(H,40,45)(H,41,46)/t26?,29-,31+/m1/s1.